The molecule has 0 heterocycles. The van der Waals surface area contributed by atoms with E-state index in [1.807, 2.05) is 97.2 Å². The quantitative estimate of drug-likeness (QED) is 0.00396. The first kappa shape index (κ1) is 97.8. The van der Waals surface area contributed by atoms with Crippen molar-refractivity contribution in [2.45, 2.75) is 230 Å². The molecule has 0 amide bonds. The first-order chi connectivity index (χ1) is 44.7. The molecule has 527 valence electrons. The monoisotopic (exact) mass is 1330 g/mol. The van der Waals surface area contributed by atoms with E-state index in [-0.39, 0.29) is 90.6 Å². The number of carbonyl (C=O) groups excluding carboxylic acids is 3. The van der Waals surface area contributed by atoms with Gasteiger partial charge >= 0.3 is 47.5 Å². The zero-order chi connectivity index (χ0) is 68.4. The summed E-state index contributed by atoms with van der Waals surface area (Å²) in [7, 11) is 0. The molecule has 0 aliphatic carbocycles. The molecule has 0 aliphatic heterocycles. The Labute approximate surface area is 590 Å². The van der Waals surface area contributed by atoms with Crippen molar-refractivity contribution in [1.82, 2.24) is 0 Å². The molecule has 0 saturated carbocycles. The molecule has 3 radical (unpaired) electrons. The number of hydrogen-bond acceptors (Lipinski definition) is 17. The van der Waals surface area contributed by atoms with Crippen LogP contribution in [0.2, 0.25) is 0 Å². The summed E-state index contributed by atoms with van der Waals surface area (Å²) in [5.41, 5.74) is 0. The molecule has 0 saturated heterocycles. The minimum atomic E-state index is -1.04. The van der Waals surface area contributed by atoms with Gasteiger partial charge in [0.15, 0.2) is 0 Å². The molecule has 17 nitrogen and oxygen atoms in total. The van der Waals surface area contributed by atoms with Crippen LogP contribution in [0, 0.1) is 0 Å². The third kappa shape index (κ3) is 81.4. The molecule has 10 N–H and O–H groups in total. The Morgan fingerprint density at radius 2 is 0.670 bits per heavy atom. The van der Waals surface area contributed by atoms with Gasteiger partial charge in [0.2, 0.25) is 0 Å². The molecule has 0 fully saturated rings. The van der Waals surface area contributed by atoms with Crippen molar-refractivity contribution in [2.24, 2.45) is 0 Å². The van der Waals surface area contributed by atoms with Crippen molar-refractivity contribution in [3.05, 3.63) is 182 Å². The van der Waals surface area contributed by atoms with Crippen LogP contribution in [0.3, 0.4) is 0 Å². The Bertz CT molecular complexity index is 2180. The van der Waals surface area contributed by atoms with Crippen molar-refractivity contribution < 1.29 is 116 Å². The number of ether oxygens (including phenoxy) is 3. The Balaban J connectivity index is -0.000000308. The molecular formula is C75H121BNaO17. The predicted molar refractivity (Wildman–Crippen MR) is 379 cm³/mol. The largest absolute Gasteiger partial charge is 1.00 e. The molecule has 94 heavy (non-hydrogen) atoms. The number of esters is 3. The van der Waals surface area contributed by atoms with E-state index in [0.717, 1.165) is 109 Å². The van der Waals surface area contributed by atoms with Gasteiger partial charge in [0.1, 0.15) is 44.2 Å². The molecule has 0 aromatic carbocycles. The van der Waals surface area contributed by atoms with E-state index in [9.17, 15) is 29.7 Å². The first-order valence-electron chi connectivity index (χ1n) is 33.3. The number of aliphatic hydroxyl groups is 9. The summed E-state index contributed by atoms with van der Waals surface area (Å²) in [5.74, 6) is -1.10. The number of hydrogen-bond donors (Lipinski definition) is 10. The van der Waals surface area contributed by atoms with E-state index in [4.69, 9.17) is 50.1 Å². The van der Waals surface area contributed by atoms with Crippen molar-refractivity contribution in [3.8, 4) is 0 Å². The smallest absolute Gasteiger partial charge is 1.00 e. The van der Waals surface area contributed by atoms with Crippen LogP contribution in [-0.4, -0.2) is 160 Å². The molecule has 19 heteroatoms. The topological polar surface area (TPSA) is 290 Å². The fourth-order valence-electron chi connectivity index (χ4n) is 7.40. The Morgan fingerprint density at radius 3 is 1.03 bits per heavy atom. The number of rotatable bonds is 55. The molecule has 0 bridgehead atoms. The summed E-state index contributed by atoms with van der Waals surface area (Å²) in [5, 5.41) is 91.6. The van der Waals surface area contributed by atoms with Crippen LogP contribution >= 0.6 is 0 Å². The SMILES string of the molecule is CC/C=C\C/C=C\C/C=C\C/C=C\C/C=C\CCCCCC(=O)OCC(O)CO.CC/C=C\CC(O)/C=C/C=C\C/C=C\C=C\C(CCCCCC(=O)OCC(O)CO)OO.CC/C=C\CC(O)/C=C/C=C\C/C=C\C=C\C(O)CCCCCC(=O)OCC(O)CO.[B].[H-].[Na+]. The van der Waals surface area contributed by atoms with Crippen LogP contribution in [0.1, 0.15) is 189 Å². The van der Waals surface area contributed by atoms with Crippen LogP contribution in [0.4, 0.5) is 0 Å². The standard InChI is InChI=1S/C25H40O7.C25H40O6.C25H40O4.B.Na.H/c1-2-3-10-15-22(27)16-11-7-5-4-6-8-12-17-24(32-30)18-13-9-14-19-25(29)31-21-23(28)20-26;1-2-3-10-15-22(27)16-11-7-5-4-6-8-12-17-23(28)18-13-9-14-19-25(30)31-21-24(29)20-26;1-2-3-4-5-6-7-8-9-10-11-12-13-14-15-16-17-18-19-20-21-25(28)29-23-24(27)22-26;;;/h3,5-8,10-12,16-17,22-24,26-28,30H,2,4,9,13-15,18-21H2,1H3;3,5-8,10-12,16-17,22-24,26-29H,2,4,9,13-15,18-21H2,1H3;3-4,6-7,9-10,12-13,15-16,24,26-27H,2,5,8,11,14,17-23H2,1H3;;;/q;;;;+1;-1/b2*7-5-,8-6-,10-3-,16-11+,17-12+;4-3-,7-6-,10-9-,13-12-,16-15-;;;. The van der Waals surface area contributed by atoms with Gasteiger partial charge in [0.25, 0.3) is 0 Å². The second-order valence-electron chi connectivity index (χ2n) is 21.4. The van der Waals surface area contributed by atoms with E-state index < -0.39 is 61.9 Å². The normalized spacial score (nSPS) is 14.6. The molecule has 7 atom stereocenters. The summed E-state index contributed by atoms with van der Waals surface area (Å²) in [6.07, 6.45) is 75.1. The van der Waals surface area contributed by atoms with Gasteiger partial charge < -0.3 is 61.6 Å². The predicted octanol–water partition coefficient (Wildman–Crippen LogP) is 9.87. The zero-order valence-corrected chi connectivity index (χ0v) is 59.4. The van der Waals surface area contributed by atoms with Crippen molar-refractivity contribution in [3.63, 3.8) is 0 Å². The fraction of sp³-hybridized carbons (Fsp3) is 0.560. The van der Waals surface area contributed by atoms with E-state index in [2.05, 4.69) is 86.4 Å². The minimum absolute atomic E-state index is 0. The van der Waals surface area contributed by atoms with E-state index in [1.165, 1.54) is 0 Å². The molecule has 0 spiro atoms. The van der Waals surface area contributed by atoms with E-state index >= 15 is 0 Å². The van der Waals surface area contributed by atoms with Crippen molar-refractivity contribution >= 4 is 26.3 Å². The Hall–Kier alpha value is -4.87. The summed E-state index contributed by atoms with van der Waals surface area (Å²) in [4.78, 5) is 38.7. The Morgan fingerprint density at radius 1 is 0.362 bits per heavy atom. The maximum atomic E-state index is 11.5. The van der Waals surface area contributed by atoms with Crippen LogP contribution in [0.25, 0.3) is 0 Å². The minimum Gasteiger partial charge on any atom is -1.00 e. The maximum Gasteiger partial charge on any atom is 1.00 e. The molecule has 7 unspecified atom stereocenters. The summed E-state index contributed by atoms with van der Waals surface area (Å²) >= 11 is 0. The molecule has 0 aliphatic rings. The van der Waals surface area contributed by atoms with E-state index in [1.54, 1.807) is 24.3 Å². The third-order valence-electron chi connectivity index (χ3n) is 12.7. The average Bonchev–Trinajstić information content (AvgIpc) is 3.76. The molecule has 0 aromatic heterocycles. The van der Waals surface area contributed by atoms with Crippen LogP contribution in [0.5, 0.6) is 0 Å². The van der Waals surface area contributed by atoms with Crippen molar-refractivity contribution in [2.75, 3.05) is 39.6 Å². The maximum absolute atomic E-state index is 11.5. The number of allylic oxidation sites excluding steroid dienone is 24. The van der Waals surface area contributed by atoms with E-state index in [0.29, 0.717) is 44.9 Å². The van der Waals surface area contributed by atoms with Gasteiger partial charge in [-0.2, -0.15) is 0 Å². The molecule has 0 rings (SSSR count). The molecule has 0 aromatic rings. The van der Waals surface area contributed by atoms with Crippen LogP contribution in [0.15, 0.2) is 182 Å². The van der Waals surface area contributed by atoms with Gasteiger partial charge in [-0.15, -0.1) is 0 Å². The van der Waals surface area contributed by atoms with Gasteiger partial charge in [-0.3, -0.25) is 19.6 Å². The average molecular weight is 1330 g/mol. The van der Waals surface area contributed by atoms with Crippen LogP contribution in [-0.2, 0) is 33.5 Å². The second-order valence-corrected chi connectivity index (χ2v) is 21.4. The van der Waals surface area contributed by atoms with Gasteiger partial charge in [-0.05, 0) is 116 Å². The van der Waals surface area contributed by atoms with Gasteiger partial charge in [-0.25, -0.2) is 4.89 Å². The fourth-order valence-corrected chi connectivity index (χ4v) is 7.40. The van der Waals surface area contributed by atoms with Crippen molar-refractivity contribution in [1.29, 1.82) is 0 Å². The van der Waals surface area contributed by atoms with Crippen LogP contribution < -0.4 is 29.6 Å². The number of carbonyl (C=O) groups is 3. The summed E-state index contributed by atoms with van der Waals surface area (Å²) < 4.78 is 14.5. The van der Waals surface area contributed by atoms with Gasteiger partial charge in [0, 0.05) is 27.7 Å². The van der Waals surface area contributed by atoms with Gasteiger partial charge in [-0.1, -0.05) is 235 Å². The first-order valence-corrected chi connectivity index (χ1v) is 33.3. The van der Waals surface area contributed by atoms with Gasteiger partial charge in [0.05, 0.1) is 38.1 Å². The number of unbranched alkanes of at least 4 members (excludes halogenated alkanes) is 7. The number of aliphatic hydroxyl groups excluding tert-OH is 9. The zero-order valence-electron chi connectivity index (χ0n) is 58.4. The second kappa shape index (κ2) is 80.6. The third-order valence-corrected chi connectivity index (χ3v) is 12.7. The summed E-state index contributed by atoms with van der Waals surface area (Å²) in [6, 6.07) is 0. The Kier molecular flexibility index (Phi) is 83.8. The summed E-state index contributed by atoms with van der Waals surface area (Å²) in [6.45, 7) is 4.51. The molecular weight excluding hydrogens is 1210 g/mol.